The maximum absolute atomic E-state index is 12.4. The smallest absolute Gasteiger partial charge is 0.292 e. The molecule has 0 aliphatic heterocycles. The maximum Gasteiger partial charge on any atom is 0.292 e. The standard InChI is InChI=1S/C18H15ClN4O3/c1-26-15-8-4-13(5-9-15)23-18(25)17(19)16(11-21-23)22-20-10-12-2-6-14(24)7-3-12/h2-11,22,24H,1H3/b20-10-. The molecule has 2 aromatic carbocycles. The van der Waals surface area contributed by atoms with Crippen LogP contribution in [-0.4, -0.2) is 28.2 Å². The van der Waals surface area contributed by atoms with E-state index in [0.29, 0.717) is 11.4 Å². The van der Waals surface area contributed by atoms with Gasteiger partial charge in [0, 0.05) is 0 Å². The van der Waals surface area contributed by atoms with Gasteiger partial charge in [-0.1, -0.05) is 11.6 Å². The third-order valence-electron chi connectivity index (χ3n) is 3.53. The molecule has 0 saturated carbocycles. The van der Waals surface area contributed by atoms with Crippen LogP contribution in [0.4, 0.5) is 5.69 Å². The van der Waals surface area contributed by atoms with Crippen LogP contribution in [0.2, 0.25) is 5.02 Å². The van der Waals surface area contributed by atoms with Crippen LogP contribution >= 0.6 is 11.6 Å². The first-order chi connectivity index (χ1) is 12.6. The summed E-state index contributed by atoms with van der Waals surface area (Å²) in [7, 11) is 1.56. The molecule has 0 aliphatic carbocycles. The summed E-state index contributed by atoms with van der Waals surface area (Å²) in [4.78, 5) is 12.4. The Balaban J connectivity index is 1.80. The normalized spacial score (nSPS) is 10.8. The molecular formula is C18H15ClN4O3. The molecule has 1 heterocycles. The van der Waals surface area contributed by atoms with Gasteiger partial charge < -0.3 is 9.84 Å². The van der Waals surface area contributed by atoms with Crippen LogP contribution in [0.5, 0.6) is 11.5 Å². The first kappa shape index (κ1) is 17.5. The number of phenolic OH excluding ortho intramolecular Hbond substituents is 1. The van der Waals surface area contributed by atoms with E-state index in [-0.39, 0.29) is 16.5 Å². The molecule has 3 rings (SSSR count). The molecule has 0 aliphatic rings. The molecule has 3 aromatic rings. The second-order valence-corrected chi connectivity index (χ2v) is 5.63. The van der Waals surface area contributed by atoms with Crippen molar-refractivity contribution in [1.82, 2.24) is 9.78 Å². The van der Waals surface area contributed by atoms with E-state index in [1.807, 2.05) is 0 Å². The molecule has 0 fully saturated rings. The minimum absolute atomic E-state index is 0.0290. The van der Waals surface area contributed by atoms with Crippen LogP contribution in [0.25, 0.3) is 5.69 Å². The minimum Gasteiger partial charge on any atom is -0.508 e. The van der Waals surface area contributed by atoms with Crippen LogP contribution in [-0.2, 0) is 0 Å². The lowest BCUT2D eigenvalue weighted by Gasteiger charge is -2.08. The molecule has 0 radical (unpaired) electrons. The molecule has 0 spiro atoms. The number of anilines is 1. The van der Waals surface area contributed by atoms with Crippen molar-refractivity contribution in [2.75, 3.05) is 12.5 Å². The van der Waals surface area contributed by atoms with E-state index in [1.165, 1.54) is 17.1 Å². The molecule has 0 unspecified atom stereocenters. The second kappa shape index (κ2) is 7.71. The molecule has 8 heteroatoms. The Kier molecular flexibility index (Phi) is 5.19. The fourth-order valence-electron chi connectivity index (χ4n) is 2.15. The largest absolute Gasteiger partial charge is 0.508 e. The summed E-state index contributed by atoms with van der Waals surface area (Å²) >= 11 is 6.14. The molecule has 7 nitrogen and oxygen atoms in total. The Morgan fingerprint density at radius 1 is 1.19 bits per heavy atom. The van der Waals surface area contributed by atoms with Gasteiger partial charge in [0.25, 0.3) is 5.56 Å². The number of methoxy groups -OCH3 is 1. The molecule has 0 saturated heterocycles. The fourth-order valence-corrected chi connectivity index (χ4v) is 2.33. The van der Waals surface area contributed by atoms with Gasteiger partial charge in [-0.2, -0.15) is 14.9 Å². The van der Waals surface area contributed by atoms with Crippen molar-refractivity contribution in [2.24, 2.45) is 5.10 Å². The maximum atomic E-state index is 12.4. The average molecular weight is 371 g/mol. The topological polar surface area (TPSA) is 88.7 Å². The molecule has 0 atom stereocenters. The summed E-state index contributed by atoms with van der Waals surface area (Å²) < 4.78 is 6.28. The Bertz CT molecular complexity index is 983. The van der Waals surface area contributed by atoms with Gasteiger partial charge in [0.1, 0.15) is 22.2 Å². The van der Waals surface area contributed by atoms with Crippen LogP contribution in [0.3, 0.4) is 0 Å². The van der Waals surface area contributed by atoms with E-state index >= 15 is 0 Å². The predicted octanol–water partition coefficient (Wildman–Crippen LogP) is 3.05. The van der Waals surface area contributed by atoms with Crippen LogP contribution in [0.1, 0.15) is 5.56 Å². The first-order valence-corrected chi connectivity index (χ1v) is 7.96. The van der Waals surface area contributed by atoms with Crippen molar-refractivity contribution >= 4 is 23.5 Å². The lowest BCUT2D eigenvalue weighted by molar-refractivity contribution is 0.414. The highest BCUT2D eigenvalue weighted by Gasteiger charge is 2.10. The van der Waals surface area contributed by atoms with E-state index in [1.54, 1.807) is 55.6 Å². The van der Waals surface area contributed by atoms with Crippen molar-refractivity contribution in [3.8, 4) is 17.2 Å². The number of phenols is 1. The highest BCUT2D eigenvalue weighted by atomic mass is 35.5. The Labute approximate surface area is 154 Å². The van der Waals surface area contributed by atoms with Gasteiger partial charge in [0.05, 0.1) is 25.2 Å². The zero-order valence-electron chi connectivity index (χ0n) is 13.8. The molecular weight excluding hydrogens is 356 g/mol. The fraction of sp³-hybridized carbons (Fsp3) is 0.0556. The van der Waals surface area contributed by atoms with Gasteiger partial charge in [0.2, 0.25) is 0 Å². The van der Waals surface area contributed by atoms with E-state index in [4.69, 9.17) is 16.3 Å². The molecule has 1 aromatic heterocycles. The summed E-state index contributed by atoms with van der Waals surface area (Å²) in [6.07, 6.45) is 2.95. The monoisotopic (exact) mass is 370 g/mol. The zero-order valence-corrected chi connectivity index (χ0v) is 14.5. The minimum atomic E-state index is -0.471. The average Bonchev–Trinajstić information content (AvgIpc) is 2.67. The number of aromatic hydroxyl groups is 1. The number of nitrogens with zero attached hydrogens (tertiary/aromatic N) is 3. The summed E-state index contributed by atoms with van der Waals surface area (Å²) in [6, 6.07) is 13.4. The number of halogens is 1. The summed E-state index contributed by atoms with van der Waals surface area (Å²) in [6.45, 7) is 0. The van der Waals surface area contributed by atoms with Crippen molar-refractivity contribution in [3.05, 3.63) is 75.7 Å². The number of hydrogen-bond acceptors (Lipinski definition) is 6. The van der Waals surface area contributed by atoms with Crippen molar-refractivity contribution < 1.29 is 9.84 Å². The van der Waals surface area contributed by atoms with Gasteiger partial charge in [0.15, 0.2) is 0 Å². The van der Waals surface area contributed by atoms with Crippen molar-refractivity contribution in [3.63, 3.8) is 0 Å². The van der Waals surface area contributed by atoms with Crippen molar-refractivity contribution in [1.29, 1.82) is 0 Å². The van der Waals surface area contributed by atoms with Crippen LogP contribution in [0.15, 0.2) is 64.6 Å². The van der Waals surface area contributed by atoms with Gasteiger partial charge in [-0.05, 0) is 54.1 Å². The Hall–Kier alpha value is -3.32. The number of aromatic nitrogens is 2. The van der Waals surface area contributed by atoms with E-state index < -0.39 is 5.56 Å². The summed E-state index contributed by atoms with van der Waals surface area (Å²) in [5, 5.41) is 17.4. The Morgan fingerprint density at radius 2 is 1.88 bits per heavy atom. The highest BCUT2D eigenvalue weighted by Crippen LogP contribution is 2.18. The van der Waals surface area contributed by atoms with Gasteiger partial charge in [-0.3, -0.25) is 10.2 Å². The second-order valence-electron chi connectivity index (χ2n) is 5.25. The number of rotatable bonds is 5. The van der Waals surface area contributed by atoms with E-state index in [0.717, 1.165) is 5.56 Å². The highest BCUT2D eigenvalue weighted by molar-refractivity contribution is 6.32. The number of ether oxygens (including phenoxy) is 1. The number of benzene rings is 2. The van der Waals surface area contributed by atoms with E-state index in [9.17, 15) is 9.90 Å². The Morgan fingerprint density at radius 3 is 2.54 bits per heavy atom. The van der Waals surface area contributed by atoms with Gasteiger partial charge in [-0.15, -0.1) is 0 Å². The first-order valence-electron chi connectivity index (χ1n) is 7.59. The SMILES string of the molecule is COc1ccc(-n2ncc(N/N=C\c3ccc(O)cc3)c(Cl)c2=O)cc1. The molecule has 0 bridgehead atoms. The molecule has 0 amide bonds. The molecule has 2 N–H and O–H groups in total. The molecule has 132 valence electrons. The quantitative estimate of drug-likeness (QED) is 0.532. The lowest BCUT2D eigenvalue weighted by atomic mass is 10.2. The van der Waals surface area contributed by atoms with Crippen LogP contribution < -0.4 is 15.7 Å². The summed E-state index contributed by atoms with van der Waals surface area (Å²) in [5.41, 5.74) is 3.85. The predicted molar refractivity (Wildman–Crippen MR) is 101 cm³/mol. The van der Waals surface area contributed by atoms with Crippen molar-refractivity contribution in [2.45, 2.75) is 0 Å². The number of nitrogens with one attached hydrogen (secondary N) is 1. The molecule has 26 heavy (non-hydrogen) atoms. The third kappa shape index (κ3) is 3.84. The zero-order chi connectivity index (χ0) is 18.5. The number of hydrazone groups is 1. The van der Waals surface area contributed by atoms with Crippen LogP contribution in [0, 0.1) is 0 Å². The van der Waals surface area contributed by atoms with Gasteiger partial charge >= 0.3 is 0 Å². The van der Waals surface area contributed by atoms with E-state index in [2.05, 4.69) is 15.6 Å². The number of hydrogen-bond donors (Lipinski definition) is 2. The summed E-state index contributed by atoms with van der Waals surface area (Å²) in [5.74, 6) is 0.847. The van der Waals surface area contributed by atoms with Gasteiger partial charge in [-0.25, -0.2) is 0 Å². The third-order valence-corrected chi connectivity index (χ3v) is 3.89. The lowest BCUT2D eigenvalue weighted by Crippen LogP contribution is -2.22.